The van der Waals surface area contributed by atoms with Gasteiger partial charge in [-0.25, -0.2) is 0 Å². The number of halogens is 2. The lowest BCUT2D eigenvalue weighted by atomic mass is 10.1. The van der Waals surface area contributed by atoms with Crippen LogP contribution < -0.4 is 5.32 Å². The molecule has 1 unspecified atom stereocenters. The number of carbonyl (C=O) groups is 1. The number of benzene rings is 1. The van der Waals surface area contributed by atoms with Crippen molar-refractivity contribution in [3.8, 4) is 0 Å². The first-order valence-corrected chi connectivity index (χ1v) is 9.10. The molecule has 1 fully saturated rings. The molecule has 0 spiro atoms. The van der Waals surface area contributed by atoms with Gasteiger partial charge in [-0.3, -0.25) is 4.79 Å². The number of amides is 1. The van der Waals surface area contributed by atoms with Crippen molar-refractivity contribution in [1.29, 1.82) is 0 Å². The third-order valence-corrected chi connectivity index (χ3v) is 4.67. The summed E-state index contributed by atoms with van der Waals surface area (Å²) in [6.45, 7) is 6.40. The Morgan fingerprint density at radius 3 is 2.43 bits per heavy atom. The standard InChI is InChI=1S/C16H22Br2N2O/c1-12(11-20-5-3-2-4-6-20)10-19-16(21)13-7-14(17)9-15(18)8-13/h7-9,12H,2-6,10-11H2,1H3,(H,19,21). The lowest BCUT2D eigenvalue weighted by Crippen LogP contribution is -2.38. The zero-order chi connectivity index (χ0) is 15.2. The first-order chi connectivity index (χ1) is 10.0. The Hall–Kier alpha value is -0.390. The topological polar surface area (TPSA) is 32.3 Å². The maximum absolute atomic E-state index is 12.2. The molecule has 1 saturated heterocycles. The SMILES string of the molecule is CC(CNC(=O)c1cc(Br)cc(Br)c1)CN1CCCCC1. The molecule has 1 amide bonds. The third kappa shape index (κ3) is 5.72. The van der Waals surface area contributed by atoms with E-state index in [1.54, 1.807) is 0 Å². The summed E-state index contributed by atoms with van der Waals surface area (Å²) in [4.78, 5) is 14.7. The van der Waals surface area contributed by atoms with Gasteiger partial charge in [0.05, 0.1) is 0 Å². The van der Waals surface area contributed by atoms with E-state index in [4.69, 9.17) is 0 Å². The van der Waals surface area contributed by atoms with Crippen molar-refractivity contribution in [3.05, 3.63) is 32.7 Å². The Labute approximate surface area is 143 Å². The van der Waals surface area contributed by atoms with E-state index in [-0.39, 0.29) is 5.91 Å². The monoisotopic (exact) mass is 416 g/mol. The van der Waals surface area contributed by atoms with Gasteiger partial charge in [-0.15, -0.1) is 0 Å². The van der Waals surface area contributed by atoms with Gasteiger partial charge >= 0.3 is 0 Å². The molecular weight excluding hydrogens is 396 g/mol. The van der Waals surface area contributed by atoms with Crippen molar-refractivity contribution in [3.63, 3.8) is 0 Å². The van der Waals surface area contributed by atoms with Crippen molar-refractivity contribution in [1.82, 2.24) is 10.2 Å². The maximum atomic E-state index is 12.2. The minimum absolute atomic E-state index is 0.0116. The van der Waals surface area contributed by atoms with Crippen molar-refractivity contribution < 1.29 is 4.79 Å². The van der Waals surface area contributed by atoms with Crippen molar-refractivity contribution in [2.45, 2.75) is 26.2 Å². The van der Waals surface area contributed by atoms with Gasteiger partial charge in [0, 0.05) is 27.6 Å². The quantitative estimate of drug-likeness (QED) is 0.783. The molecule has 5 heteroatoms. The lowest BCUT2D eigenvalue weighted by molar-refractivity contribution is 0.0942. The average molecular weight is 418 g/mol. The Bertz CT molecular complexity index is 467. The van der Waals surface area contributed by atoms with E-state index >= 15 is 0 Å². The normalized spacial score (nSPS) is 17.5. The van der Waals surface area contributed by atoms with Gasteiger partial charge < -0.3 is 10.2 Å². The molecule has 0 radical (unpaired) electrons. The smallest absolute Gasteiger partial charge is 0.251 e. The van der Waals surface area contributed by atoms with Gasteiger partial charge in [0.15, 0.2) is 0 Å². The molecule has 1 aliphatic rings. The number of nitrogens with one attached hydrogen (secondary N) is 1. The van der Waals surface area contributed by atoms with Crippen LogP contribution in [0.2, 0.25) is 0 Å². The van der Waals surface area contributed by atoms with E-state index in [9.17, 15) is 4.79 Å². The van der Waals surface area contributed by atoms with Gasteiger partial charge in [-0.1, -0.05) is 45.2 Å². The van der Waals surface area contributed by atoms with Crippen molar-refractivity contribution >= 4 is 37.8 Å². The van der Waals surface area contributed by atoms with Crippen LogP contribution in [0.4, 0.5) is 0 Å². The summed E-state index contributed by atoms with van der Waals surface area (Å²) < 4.78 is 1.81. The highest BCUT2D eigenvalue weighted by Crippen LogP contribution is 2.20. The van der Waals surface area contributed by atoms with Crippen LogP contribution >= 0.6 is 31.9 Å². The second-order valence-electron chi connectivity index (χ2n) is 5.83. The predicted octanol–water partition coefficient (Wildman–Crippen LogP) is 4.06. The number of hydrogen-bond donors (Lipinski definition) is 1. The summed E-state index contributed by atoms with van der Waals surface area (Å²) in [5.74, 6) is 0.463. The molecule has 1 atom stereocenters. The largest absolute Gasteiger partial charge is 0.352 e. The molecule has 2 rings (SSSR count). The van der Waals surface area contributed by atoms with E-state index in [0.29, 0.717) is 11.5 Å². The fourth-order valence-corrected chi connectivity index (χ4v) is 3.99. The van der Waals surface area contributed by atoms with Crippen LogP contribution in [0.25, 0.3) is 0 Å². The minimum atomic E-state index is -0.0116. The molecule has 0 bridgehead atoms. The van der Waals surface area contributed by atoms with Crippen LogP contribution in [0.3, 0.4) is 0 Å². The number of nitrogens with zero attached hydrogens (tertiary/aromatic N) is 1. The van der Waals surface area contributed by atoms with Gasteiger partial charge in [0.1, 0.15) is 0 Å². The summed E-state index contributed by atoms with van der Waals surface area (Å²) in [5, 5.41) is 3.04. The molecule has 0 aliphatic carbocycles. The second-order valence-corrected chi connectivity index (χ2v) is 7.67. The third-order valence-electron chi connectivity index (χ3n) is 3.75. The van der Waals surface area contributed by atoms with Crippen LogP contribution in [-0.2, 0) is 0 Å². The van der Waals surface area contributed by atoms with E-state index < -0.39 is 0 Å². The van der Waals surface area contributed by atoms with Gasteiger partial charge in [0.25, 0.3) is 5.91 Å². The second kappa shape index (κ2) is 8.30. The van der Waals surface area contributed by atoms with Crippen LogP contribution in [0.15, 0.2) is 27.1 Å². The van der Waals surface area contributed by atoms with Gasteiger partial charge in [-0.2, -0.15) is 0 Å². The van der Waals surface area contributed by atoms with Crippen LogP contribution in [-0.4, -0.2) is 37.0 Å². The zero-order valence-corrected chi connectivity index (χ0v) is 15.5. The van der Waals surface area contributed by atoms with Crippen LogP contribution in [0.1, 0.15) is 36.5 Å². The molecule has 116 valence electrons. The van der Waals surface area contributed by atoms with Crippen LogP contribution in [0, 0.1) is 5.92 Å². The fraction of sp³-hybridized carbons (Fsp3) is 0.562. The Balaban J connectivity index is 1.79. The van der Waals surface area contributed by atoms with Crippen LogP contribution in [0.5, 0.6) is 0 Å². The molecule has 1 heterocycles. The van der Waals surface area contributed by atoms with E-state index in [1.165, 1.54) is 32.4 Å². The fourth-order valence-electron chi connectivity index (χ4n) is 2.70. The summed E-state index contributed by atoms with van der Waals surface area (Å²) in [6, 6.07) is 5.61. The Morgan fingerprint density at radius 1 is 1.19 bits per heavy atom. The molecule has 21 heavy (non-hydrogen) atoms. The van der Waals surface area contributed by atoms with Gasteiger partial charge in [-0.05, 0) is 50.0 Å². The molecular formula is C16H22Br2N2O. The number of hydrogen-bond acceptors (Lipinski definition) is 2. The number of rotatable bonds is 5. The highest BCUT2D eigenvalue weighted by molar-refractivity contribution is 9.11. The molecule has 1 aromatic carbocycles. The van der Waals surface area contributed by atoms with E-state index in [1.807, 2.05) is 18.2 Å². The van der Waals surface area contributed by atoms with Crippen molar-refractivity contribution in [2.24, 2.45) is 5.92 Å². The predicted molar refractivity (Wildman–Crippen MR) is 93.6 cm³/mol. The number of likely N-dealkylation sites (tertiary alicyclic amines) is 1. The summed E-state index contributed by atoms with van der Waals surface area (Å²) >= 11 is 6.82. The molecule has 1 N–H and O–H groups in total. The number of piperidine rings is 1. The molecule has 1 aliphatic heterocycles. The summed E-state index contributed by atoms with van der Waals surface area (Å²) in [6.07, 6.45) is 3.98. The highest BCUT2D eigenvalue weighted by atomic mass is 79.9. The molecule has 0 aromatic heterocycles. The zero-order valence-electron chi connectivity index (χ0n) is 12.4. The lowest BCUT2D eigenvalue weighted by Gasteiger charge is -2.29. The maximum Gasteiger partial charge on any atom is 0.251 e. The molecule has 3 nitrogen and oxygen atoms in total. The van der Waals surface area contributed by atoms with Gasteiger partial charge in [0.2, 0.25) is 0 Å². The Kier molecular flexibility index (Phi) is 6.71. The summed E-state index contributed by atoms with van der Waals surface area (Å²) in [5.41, 5.74) is 0.682. The van der Waals surface area contributed by atoms with E-state index in [0.717, 1.165) is 22.0 Å². The first-order valence-electron chi connectivity index (χ1n) is 7.51. The minimum Gasteiger partial charge on any atom is -0.352 e. The van der Waals surface area contributed by atoms with Crippen molar-refractivity contribution in [2.75, 3.05) is 26.2 Å². The average Bonchev–Trinajstić information content (AvgIpc) is 2.45. The Morgan fingerprint density at radius 2 is 1.81 bits per heavy atom. The molecule has 0 saturated carbocycles. The molecule has 1 aromatic rings. The summed E-state index contributed by atoms with van der Waals surface area (Å²) in [7, 11) is 0. The highest BCUT2D eigenvalue weighted by Gasteiger charge is 2.14. The first kappa shape index (κ1) is 17.0. The van der Waals surface area contributed by atoms with E-state index in [2.05, 4.69) is 49.0 Å². The number of carbonyl (C=O) groups excluding carboxylic acids is 1.